The van der Waals surface area contributed by atoms with E-state index in [1.807, 2.05) is 11.7 Å². The average molecular weight is 356 g/mol. The van der Waals surface area contributed by atoms with E-state index in [9.17, 15) is 4.79 Å². The lowest BCUT2D eigenvalue weighted by atomic mass is 9.85. The van der Waals surface area contributed by atoms with Crippen LogP contribution in [0.2, 0.25) is 0 Å². The summed E-state index contributed by atoms with van der Waals surface area (Å²) >= 11 is 0. The molecule has 26 heavy (non-hydrogen) atoms. The van der Waals surface area contributed by atoms with Gasteiger partial charge >= 0.3 is 0 Å². The van der Waals surface area contributed by atoms with E-state index >= 15 is 0 Å². The monoisotopic (exact) mass is 356 g/mol. The van der Waals surface area contributed by atoms with Crippen LogP contribution in [0.5, 0.6) is 0 Å². The Morgan fingerprint density at radius 1 is 1.27 bits per heavy atom. The summed E-state index contributed by atoms with van der Waals surface area (Å²) in [6, 6.07) is 2.15. The first-order valence-corrected chi connectivity index (χ1v) is 9.63. The van der Waals surface area contributed by atoms with Gasteiger partial charge in [0.25, 0.3) is 0 Å². The molecule has 1 aliphatic carbocycles. The van der Waals surface area contributed by atoms with Crippen molar-refractivity contribution in [1.82, 2.24) is 29.8 Å². The van der Waals surface area contributed by atoms with Crippen LogP contribution in [0.4, 0.5) is 0 Å². The van der Waals surface area contributed by atoms with Gasteiger partial charge in [-0.05, 0) is 32.3 Å². The van der Waals surface area contributed by atoms with Crippen molar-refractivity contribution < 1.29 is 4.79 Å². The molecule has 2 aromatic rings. The second-order valence-corrected chi connectivity index (χ2v) is 7.67. The maximum atomic E-state index is 12.0. The number of aromatic nitrogens is 4. The van der Waals surface area contributed by atoms with Crippen LogP contribution in [-0.2, 0) is 38.0 Å². The standard InChI is InChI=1S/C19H28N6O/c1-14-16(11-23(2)21-14)12-24-7-4-8-25-18(13-24)9-17(22-25)10-20-19(26)15-5-3-6-15/h9,11,15H,3-8,10,12-13H2,1-2H3,(H,20,26). The van der Waals surface area contributed by atoms with E-state index in [4.69, 9.17) is 5.10 Å². The highest BCUT2D eigenvalue weighted by Gasteiger charge is 2.25. The first-order chi connectivity index (χ1) is 12.6. The van der Waals surface area contributed by atoms with Crippen molar-refractivity contribution in [1.29, 1.82) is 0 Å². The summed E-state index contributed by atoms with van der Waals surface area (Å²) in [5.41, 5.74) is 4.59. The molecule has 2 aromatic heterocycles. The van der Waals surface area contributed by atoms with Crippen LogP contribution >= 0.6 is 0 Å². The summed E-state index contributed by atoms with van der Waals surface area (Å²) < 4.78 is 4.00. The molecule has 0 bridgehead atoms. The van der Waals surface area contributed by atoms with Crippen molar-refractivity contribution >= 4 is 5.91 Å². The van der Waals surface area contributed by atoms with E-state index in [-0.39, 0.29) is 11.8 Å². The fourth-order valence-corrected chi connectivity index (χ4v) is 3.85. The zero-order chi connectivity index (χ0) is 18.1. The third kappa shape index (κ3) is 3.67. The number of carbonyl (C=O) groups is 1. The molecular weight excluding hydrogens is 328 g/mol. The maximum Gasteiger partial charge on any atom is 0.223 e. The van der Waals surface area contributed by atoms with E-state index in [0.717, 1.165) is 56.8 Å². The molecule has 0 atom stereocenters. The van der Waals surface area contributed by atoms with Gasteiger partial charge in [-0.1, -0.05) is 6.42 Å². The van der Waals surface area contributed by atoms with Gasteiger partial charge in [0.2, 0.25) is 5.91 Å². The van der Waals surface area contributed by atoms with Crippen LogP contribution in [0.1, 0.15) is 48.3 Å². The summed E-state index contributed by atoms with van der Waals surface area (Å²) in [5, 5.41) is 12.2. The van der Waals surface area contributed by atoms with E-state index in [1.165, 1.54) is 17.7 Å². The molecule has 4 rings (SSSR count). The Balaban J connectivity index is 1.39. The van der Waals surface area contributed by atoms with Crippen LogP contribution in [0.3, 0.4) is 0 Å². The molecule has 1 N–H and O–H groups in total. The number of rotatable bonds is 5. The summed E-state index contributed by atoms with van der Waals surface area (Å²) in [6.45, 7) is 6.41. The highest BCUT2D eigenvalue weighted by atomic mass is 16.1. The van der Waals surface area contributed by atoms with Crippen molar-refractivity contribution in [2.75, 3.05) is 6.54 Å². The van der Waals surface area contributed by atoms with Crippen molar-refractivity contribution in [3.05, 3.63) is 34.9 Å². The third-order valence-corrected chi connectivity index (χ3v) is 5.57. The van der Waals surface area contributed by atoms with Gasteiger partial charge in [0.1, 0.15) is 0 Å². The van der Waals surface area contributed by atoms with Gasteiger partial charge in [-0.15, -0.1) is 0 Å². The minimum atomic E-state index is 0.188. The molecule has 3 heterocycles. The normalized spacial score (nSPS) is 18.2. The number of carbonyl (C=O) groups excluding carboxylic acids is 1. The van der Waals surface area contributed by atoms with Crippen molar-refractivity contribution in [3.63, 3.8) is 0 Å². The Morgan fingerprint density at radius 2 is 2.12 bits per heavy atom. The Morgan fingerprint density at radius 3 is 2.81 bits per heavy atom. The summed E-state index contributed by atoms with van der Waals surface area (Å²) in [6.07, 6.45) is 6.45. The predicted molar refractivity (Wildman–Crippen MR) is 98.1 cm³/mol. The molecule has 7 nitrogen and oxygen atoms in total. The topological polar surface area (TPSA) is 68.0 Å². The Labute approximate surface area is 154 Å². The highest BCUT2D eigenvalue weighted by Crippen LogP contribution is 2.26. The molecule has 1 aliphatic heterocycles. The summed E-state index contributed by atoms with van der Waals surface area (Å²) in [5.74, 6) is 0.418. The molecular formula is C19H28N6O. The minimum Gasteiger partial charge on any atom is -0.350 e. The van der Waals surface area contributed by atoms with E-state index in [1.54, 1.807) is 0 Å². The Bertz CT molecular complexity index is 788. The lowest BCUT2D eigenvalue weighted by Gasteiger charge is -2.23. The first-order valence-electron chi connectivity index (χ1n) is 9.63. The number of nitrogens with one attached hydrogen (secondary N) is 1. The van der Waals surface area contributed by atoms with Crippen molar-refractivity contribution in [2.45, 2.75) is 58.8 Å². The number of fused-ring (bicyclic) bond motifs is 1. The number of aryl methyl sites for hydroxylation is 3. The van der Waals surface area contributed by atoms with Gasteiger partial charge in [-0.2, -0.15) is 10.2 Å². The summed E-state index contributed by atoms with van der Waals surface area (Å²) in [7, 11) is 1.97. The zero-order valence-corrected chi connectivity index (χ0v) is 15.7. The molecule has 0 radical (unpaired) electrons. The second kappa shape index (κ2) is 7.23. The molecule has 0 spiro atoms. The van der Waals surface area contributed by atoms with Crippen LogP contribution in [0.15, 0.2) is 12.3 Å². The molecule has 2 aliphatic rings. The molecule has 140 valence electrons. The van der Waals surface area contributed by atoms with E-state index in [0.29, 0.717) is 6.54 Å². The van der Waals surface area contributed by atoms with E-state index < -0.39 is 0 Å². The van der Waals surface area contributed by atoms with Crippen molar-refractivity contribution in [2.24, 2.45) is 13.0 Å². The fourth-order valence-electron chi connectivity index (χ4n) is 3.85. The van der Waals surface area contributed by atoms with Gasteiger partial charge in [0, 0.05) is 50.9 Å². The quantitative estimate of drug-likeness (QED) is 0.886. The van der Waals surface area contributed by atoms with Crippen LogP contribution in [-0.4, -0.2) is 36.9 Å². The predicted octanol–water partition coefficient (Wildman–Crippen LogP) is 1.75. The SMILES string of the molecule is Cc1nn(C)cc1CN1CCCn2nc(CNC(=O)C3CCC3)cc2C1. The molecule has 7 heteroatoms. The molecule has 0 unspecified atom stereocenters. The van der Waals surface area contributed by atoms with Gasteiger partial charge in [-0.25, -0.2) is 0 Å². The van der Waals surface area contributed by atoms with Gasteiger partial charge in [-0.3, -0.25) is 19.1 Å². The summed E-state index contributed by atoms with van der Waals surface area (Å²) in [4.78, 5) is 14.5. The van der Waals surface area contributed by atoms with Gasteiger partial charge < -0.3 is 5.32 Å². The lowest BCUT2D eigenvalue weighted by molar-refractivity contribution is -0.127. The fraction of sp³-hybridized carbons (Fsp3) is 0.632. The maximum absolute atomic E-state index is 12.0. The molecule has 0 saturated heterocycles. The number of amides is 1. The molecule has 0 aromatic carbocycles. The van der Waals surface area contributed by atoms with Crippen LogP contribution in [0.25, 0.3) is 0 Å². The highest BCUT2D eigenvalue weighted by molar-refractivity contribution is 5.79. The molecule has 1 saturated carbocycles. The van der Waals surface area contributed by atoms with Crippen LogP contribution < -0.4 is 5.32 Å². The second-order valence-electron chi connectivity index (χ2n) is 7.67. The minimum absolute atomic E-state index is 0.188. The number of hydrogen-bond acceptors (Lipinski definition) is 4. The largest absolute Gasteiger partial charge is 0.350 e. The Kier molecular flexibility index (Phi) is 4.80. The molecule has 1 amide bonds. The molecule has 1 fully saturated rings. The number of hydrogen-bond donors (Lipinski definition) is 1. The average Bonchev–Trinajstić information content (AvgIpc) is 3.00. The van der Waals surface area contributed by atoms with E-state index in [2.05, 4.69) is 39.2 Å². The van der Waals surface area contributed by atoms with Crippen LogP contribution in [0, 0.1) is 12.8 Å². The van der Waals surface area contributed by atoms with Crippen molar-refractivity contribution in [3.8, 4) is 0 Å². The van der Waals surface area contributed by atoms with Gasteiger partial charge in [0.15, 0.2) is 0 Å². The Hall–Kier alpha value is -2.15. The smallest absolute Gasteiger partial charge is 0.223 e. The van der Waals surface area contributed by atoms with Gasteiger partial charge in [0.05, 0.1) is 23.6 Å². The number of nitrogens with zero attached hydrogens (tertiary/aromatic N) is 5. The first kappa shape index (κ1) is 17.3. The lowest BCUT2D eigenvalue weighted by Crippen LogP contribution is -2.34. The third-order valence-electron chi connectivity index (χ3n) is 5.57. The zero-order valence-electron chi connectivity index (χ0n) is 15.7.